The van der Waals surface area contributed by atoms with Crippen molar-refractivity contribution in [3.8, 4) is 0 Å². The van der Waals surface area contributed by atoms with Crippen molar-refractivity contribution in [3.63, 3.8) is 0 Å². The number of aromatic amines is 1. The van der Waals surface area contributed by atoms with Gasteiger partial charge in [-0.25, -0.2) is 0 Å². The minimum absolute atomic E-state index is 0.00839. The molecule has 0 unspecified atom stereocenters. The SMILES string of the molecule is CCn1c(=O)c(=O)[nH]c2cc(C(=O)NCC3(N4CCOCC4)CCCCC3)ccc21. The molecule has 2 aliphatic rings. The number of amides is 1. The van der Waals surface area contributed by atoms with Crippen molar-refractivity contribution in [1.29, 1.82) is 0 Å². The molecule has 2 N–H and O–H groups in total. The molecular formula is C22H30N4O4. The third-order valence-electron chi connectivity index (χ3n) is 6.60. The number of fused-ring (bicyclic) bond motifs is 1. The zero-order valence-electron chi connectivity index (χ0n) is 17.5. The van der Waals surface area contributed by atoms with Gasteiger partial charge in [-0.2, -0.15) is 0 Å². The lowest BCUT2D eigenvalue weighted by molar-refractivity contribution is -0.0361. The highest BCUT2D eigenvalue weighted by atomic mass is 16.5. The highest BCUT2D eigenvalue weighted by Gasteiger charge is 2.38. The Hall–Kier alpha value is -2.45. The van der Waals surface area contributed by atoms with E-state index in [1.807, 2.05) is 6.92 Å². The molecule has 162 valence electrons. The minimum atomic E-state index is -0.671. The van der Waals surface area contributed by atoms with E-state index < -0.39 is 11.1 Å². The number of ether oxygens (including phenoxy) is 1. The minimum Gasteiger partial charge on any atom is -0.379 e. The van der Waals surface area contributed by atoms with Crippen LogP contribution in [0.15, 0.2) is 27.8 Å². The quantitative estimate of drug-likeness (QED) is 0.723. The van der Waals surface area contributed by atoms with Gasteiger partial charge in [0, 0.05) is 37.3 Å². The van der Waals surface area contributed by atoms with E-state index in [0.717, 1.165) is 39.1 Å². The van der Waals surface area contributed by atoms with E-state index in [1.54, 1.807) is 18.2 Å². The first-order chi connectivity index (χ1) is 14.5. The standard InChI is InChI=1S/C22H30N4O4/c1-2-26-18-7-6-16(14-17(18)24-20(28)21(26)29)19(27)23-15-22(8-4-3-5-9-22)25-10-12-30-13-11-25/h6-7,14H,2-5,8-13,15H2,1H3,(H,23,27)(H,24,28). The summed E-state index contributed by atoms with van der Waals surface area (Å²) in [5.41, 5.74) is 0.339. The lowest BCUT2D eigenvalue weighted by atomic mass is 9.79. The largest absolute Gasteiger partial charge is 0.379 e. The van der Waals surface area contributed by atoms with Gasteiger partial charge in [-0.1, -0.05) is 19.3 Å². The molecule has 1 aromatic heterocycles. The summed E-state index contributed by atoms with van der Waals surface area (Å²) in [5, 5.41) is 3.14. The molecule has 0 spiro atoms. The van der Waals surface area contributed by atoms with Crippen LogP contribution >= 0.6 is 0 Å². The van der Waals surface area contributed by atoms with E-state index in [4.69, 9.17) is 4.74 Å². The first-order valence-corrected chi connectivity index (χ1v) is 10.9. The number of carbonyl (C=O) groups excluding carboxylic acids is 1. The van der Waals surface area contributed by atoms with E-state index in [1.165, 1.54) is 23.8 Å². The highest BCUT2D eigenvalue weighted by Crippen LogP contribution is 2.34. The Morgan fingerprint density at radius 3 is 2.60 bits per heavy atom. The molecule has 0 bridgehead atoms. The summed E-state index contributed by atoms with van der Waals surface area (Å²) in [5.74, 6) is -0.162. The van der Waals surface area contributed by atoms with Crippen molar-refractivity contribution in [3.05, 3.63) is 44.5 Å². The Balaban J connectivity index is 1.55. The van der Waals surface area contributed by atoms with E-state index in [9.17, 15) is 14.4 Å². The Labute approximate surface area is 175 Å². The molecule has 1 aliphatic carbocycles. The van der Waals surface area contributed by atoms with Crippen LogP contribution in [0.25, 0.3) is 11.0 Å². The van der Waals surface area contributed by atoms with Gasteiger partial charge >= 0.3 is 11.1 Å². The van der Waals surface area contributed by atoms with Gasteiger partial charge in [-0.3, -0.25) is 19.3 Å². The average molecular weight is 415 g/mol. The molecule has 4 rings (SSSR count). The lowest BCUT2D eigenvalue weighted by Crippen LogP contribution is -2.59. The van der Waals surface area contributed by atoms with E-state index in [2.05, 4.69) is 15.2 Å². The molecule has 2 fully saturated rings. The van der Waals surface area contributed by atoms with Crippen molar-refractivity contribution in [2.75, 3.05) is 32.8 Å². The summed E-state index contributed by atoms with van der Waals surface area (Å²) < 4.78 is 6.95. The summed E-state index contributed by atoms with van der Waals surface area (Å²) in [6, 6.07) is 5.09. The molecule has 1 aromatic carbocycles. The third-order valence-corrected chi connectivity index (χ3v) is 6.60. The molecule has 30 heavy (non-hydrogen) atoms. The number of rotatable bonds is 5. The number of hydrogen-bond acceptors (Lipinski definition) is 5. The molecule has 1 saturated carbocycles. The molecule has 8 heteroatoms. The second-order valence-electron chi connectivity index (χ2n) is 8.30. The van der Waals surface area contributed by atoms with Crippen molar-refractivity contribution in [2.24, 2.45) is 0 Å². The Morgan fingerprint density at radius 1 is 1.17 bits per heavy atom. The number of morpholine rings is 1. The van der Waals surface area contributed by atoms with E-state index in [-0.39, 0.29) is 11.4 Å². The van der Waals surface area contributed by atoms with E-state index >= 15 is 0 Å². The van der Waals surface area contributed by atoms with Crippen LogP contribution in [-0.4, -0.2) is 58.7 Å². The third kappa shape index (κ3) is 3.94. The van der Waals surface area contributed by atoms with Crippen LogP contribution in [0.2, 0.25) is 0 Å². The first kappa shape index (κ1) is 20.8. The number of benzene rings is 1. The van der Waals surface area contributed by atoms with Gasteiger partial charge in [-0.05, 0) is 38.0 Å². The van der Waals surface area contributed by atoms with Crippen molar-refractivity contribution >= 4 is 16.9 Å². The van der Waals surface area contributed by atoms with Crippen LogP contribution in [0.5, 0.6) is 0 Å². The molecule has 0 atom stereocenters. The number of aromatic nitrogens is 2. The fourth-order valence-electron chi connectivity index (χ4n) is 4.93. The number of aryl methyl sites for hydroxylation is 1. The van der Waals surface area contributed by atoms with Crippen LogP contribution in [0.1, 0.15) is 49.4 Å². The molecule has 2 heterocycles. The maximum absolute atomic E-state index is 12.9. The number of nitrogens with one attached hydrogen (secondary N) is 2. The van der Waals surface area contributed by atoms with Crippen molar-refractivity contribution in [2.45, 2.75) is 51.1 Å². The number of carbonyl (C=O) groups is 1. The zero-order valence-corrected chi connectivity index (χ0v) is 17.5. The van der Waals surface area contributed by atoms with Gasteiger partial charge in [0.1, 0.15) is 0 Å². The molecule has 0 radical (unpaired) electrons. The smallest absolute Gasteiger partial charge is 0.316 e. The number of hydrogen-bond donors (Lipinski definition) is 2. The molecular weight excluding hydrogens is 384 g/mol. The summed E-state index contributed by atoms with van der Waals surface area (Å²) in [4.78, 5) is 42.0. The van der Waals surface area contributed by atoms with Gasteiger partial charge in [0.15, 0.2) is 0 Å². The van der Waals surface area contributed by atoms with Crippen LogP contribution in [0.3, 0.4) is 0 Å². The van der Waals surface area contributed by atoms with Crippen LogP contribution in [-0.2, 0) is 11.3 Å². The maximum Gasteiger partial charge on any atom is 0.316 e. The Bertz CT molecular complexity index is 1030. The summed E-state index contributed by atoms with van der Waals surface area (Å²) in [6.07, 6.45) is 5.78. The molecule has 8 nitrogen and oxygen atoms in total. The fourth-order valence-corrected chi connectivity index (χ4v) is 4.93. The van der Waals surface area contributed by atoms with Crippen molar-refractivity contribution < 1.29 is 9.53 Å². The first-order valence-electron chi connectivity index (χ1n) is 10.9. The lowest BCUT2D eigenvalue weighted by Gasteiger charge is -2.48. The molecule has 1 saturated heterocycles. The van der Waals surface area contributed by atoms with Crippen molar-refractivity contribution in [1.82, 2.24) is 19.8 Å². The second-order valence-corrected chi connectivity index (χ2v) is 8.30. The van der Waals surface area contributed by atoms with Crippen LogP contribution < -0.4 is 16.4 Å². The van der Waals surface area contributed by atoms with Gasteiger partial charge < -0.3 is 19.6 Å². The average Bonchev–Trinajstić information content (AvgIpc) is 2.79. The topological polar surface area (TPSA) is 96.4 Å². The Kier molecular flexibility index (Phi) is 6.06. The number of H-pyrrole nitrogens is 1. The predicted molar refractivity (Wildman–Crippen MR) is 115 cm³/mol. The number of nitrogens with zero attached hydrogens (tertiary/aromatic N) is 2. The van der Waals surface area contributed by atoms with Crippen LogP contribution in [0, 0.1) is 0 Å². The normalized spacial score (nSPS) is 19.6. The maximum atomic E-state index is 12.9. The van der Waals surface area contributed by atoms with Gasteiger partial charge in [0.2, 0.25) is 0 Å². The molecule has 1 amide bonds. The van der Waals surface area contributed by atoms with Gasteiger partial charge in [0.25, 0.3) is 5.91 Å². The predicted octanol–water partition coefficient (Wildman–Crippen LogP) is 1.47. The second kappa shape index (κ2) is 8.73. The summed E-state index contributed by atoms with van der Waals surface area (Å²) in [6.45, 7) is 6.11. The Morgan fingerprint density at radius 2 is 1.90 bits per heavy atom. The summed E-state index contributed by atoms with van der Waals surface area (Å²) in [7, 11) is 0. The monoisotopic (exact) mass is 414 g/mol. The fraction of sp³-hybridized carbons (Fsp3) is 0.591. The molecule has 1 aliphatic heterocycles. The van der Waals surface area contributed by atoms with Gasteiger partial charge in [0.05, 0.1) is 24.2 Å². The van der Waals surface area contributed by atoms with Crippen LogP contribution in [0.4, 0.5) is 0 Å². The summed E-state index contributed by atoms with van der Waals surface area (Å²) >= 11 is 0. The zero-order chi connectivity index (χ0) is 21.1. The van der Waals surface area contributed by atoms with E-state index in [0.29, 0.717) is 29.7 Å². The highest BCUT2D eigenvalue weighted by molar-refractivity contribution is 5.97. The molecule has 2 aromatic rings. The van der Waals surface area contributed by atoms with Gasteiger partial charge in [-0.15, -0.1) is 0 Å².